The van der Waals surface area contributed by atoms with E-state index < -0.39 is 0 Å². The zero-order valence-corrected chi connectivity index (χ0v) is 12.2. The standard InChI is InChI=1S/C15H17N5O2/c1-10(21)18-14-8-11(2-5-16-14)15(22)20-7-4-12(9-20)13-3-6-17-19-13/h2-3,5-6,8,12H,4,7,9H2,1H3,(H,17,19)(H,16,18,21). The molecule has 0 aromatic carbocycles. The van der Waals surface area contributed by atoms with Crippen LogP contribution in [0.25, 0.3) is 0 Å². The normalized spacial score (nSPS) is 17.5. The second-order valence-electron chi connectivity index (χ2n) is 5.36. The van der Waals surface area contributed by atoms with Gasteiger partial charge in [0.05, 0.1) is 0 Å². The number of hydrogen-bond donors (Lipinski definition) is 2. The van der Waals surface area contributed by atoms with Gasteiger partial charge in [0.1, 0.15) is 5.82 Å². The van der Waals surface area contributed by atoms with Crippen molar-refractivity contribution in [2.75, 3.05) is 18.4 Å². The first-order valence-corrected chi connectivity index (χ1v) is 7.15. The fraction of sp³-hybridized carbons (Fsp3) is 0.333. The van der Waals surface area contributed by atoms with Crippen molar-refractivity contribution in [1.82, 2.24) is 20.1 Å². The summed E-state index contributed by atoms with van der Waals surface area (Å²) in [6.45, 7) is 2.78. The van der Waals surface area contributed by atoms with Crippen molar-refractivity contribution < 1.29 is 9.59 Å². The van der Waals surface area contributed by atoms with Crippen molar-refractivity contribution in [2.24, 2.45) is 0 Å². The highest BCUT2D eigenvalue weighted by Crippen LogP contribution is 2.26. The Hall–Kier alpha value is -2.70. The molecule has 3 heterocycles. The molecule has 2 aromatic heterocycles. The first-order valence-electron chi connectivity index (χ1n) is 7.15. The maximum atomic E-state index is 12.6. The Labute approximate surface area is 127 Å². The summed E-state index contributed by atoms with van der Waals surface area (Å²) < 4.78 is 0. The maximum Gasteiger partial charge on any atom is 0.254 e. The van der Waals surface area contributed by atoms with Gasteiger partial charge in [-0.15, -0.1) is 0 Å². The number of nitrogens with one attached hydrogen (secondary N) is 2. The number of hydrogen-bond acceptors (Lipinski definition) is 4. The predicted octanol–water partition coefficient (Wildman–Crippen LogP) is 1.39. The van der Waals surface area contributed by atoms with Crippen molar-refractivity contribution >= 4 is 17.6 Å². The van der Waals surface area contributed by atoms with E-state index in [1.54, 1.807) is 18.3 Å². The number of rotatable bonds is 3. The molecular formula is C15H17N5O2. The van der Waals surface area contributed by atoms with Crippen molar-refractivity contribution in [3.05, 3.63) is 41.9 Å². The molecule has 2 aromatic rings. The number of aromatic amines is 1. The third kappa shape index (κ3) is 2.98. The lowest BCUT2D eigenvalue weighted by Crippen LogP contribution is -2.28. The Kier molecular flexibility index (Phi) is 3.86. The number of likely N-dealkylation sites (tertiary alicyclic amines) is 1. The molecule has 0 radical (unpaired) electrons. The highest BCUT2D eigenvalue weighted by Gasteiger charge is 2.28. The largest absolute Gasteiger partial charge is 0.338 e. The zero-order chi connectivity index (χ0) is 15.5. The minimum absolute atomic E-state index is 0.0454. The Balaban J connectivity index is 1.71. The van der Waals surface area contributed by atoms with Gasteiger partial charge in [-0.25, -0.2) is 4.98 Å². The monoisotopic (exact) mass is 299 g/mol. The molecule has 114 valence electrons. The highest BCUT2D eigenvalue weighted by atomic mass is 16.2. The average molecular weight is 299 g/mol. The maximum absolute atomic E-state index is 12.6. The molecule has 1 aliphatic rings. The molecule has 0 spiro atoms. The lowest BCUT2D eigenvalue weighted by Gasteiger charge is -2.16. The molecule has 2 N–H and O–H groups in total. The first kappa shape index (κ1) is 14.2. The van der Waals surface area contributed by atoms with E-state index >= 15 is 0 Å². The van der Waals surface area contributed by atoms with E-state index in [-0.39, 0.29) is 11.8 Å². The van der Waals surface area contributed by atoms with Crippen LogP contribution in [0.2, 0.25) is 0 Å². The van der Waals surface area contributed by atoms with Crippen molar-refractivity contribution in [3.8, 4) is 0 Å². The van der Waals surface area contributed by atoms with Crippen LogP contribution in [-0.2, 0) is 4.79 Å². The van der Waals surface area contributed by atoms with E-state index in [0.29, 0.717) is 30.4 Å². The predicted molar refractivity (Wildman–Crippen MR) is 80.4 cm³/mol. The number of H-pyrrole nitrogens is 1. The molecular weight excluding hydrogens is 282 g/mol. The molecule has 7 heteroatoms. The van der Waals surface area contributed by atoms with Crippen LogP contribution in [0.3, 0.4) is 0 Å². The molecule has 0 saturated carbocycles. The van der Waals surface area contributed by atoms with Crippen LogP contribution in [0.1, 0.15) is 35.3 Å². The summed E-state index contributed by atoms with van der Waals surface area (Å²) in [5.41, 5.74) is 1.59. The quantitative estimate of drug-likeness (QED) is 0.896. The van der Waals surface area contributed by atoms with E-state index in [4.69, 9.17) is 0 Å². The Morgan fingerprint density at radius 1 is 1.36 bits per heavy atom. The fourth-order valence-electron chi connectivity index (χ4n) is 2.69. The van der Waals surface area contributed by atoms with Gasteiger partial charge >= 0.3 is 0 Å². The van der Waals surface area contributed by atoms with Crippen LogP contribution >= 0.6 is 0 Å². The summed E-state index contributed by atoms with van der Waals surface area (Å²) in [5, 5.41) is 9.51. The van der Waals surface area contributed by atoms with Crippen LogP contribution in [0.5, 0.6) is 0 Å². The average Bonchev–Trinajstić information content (AvgIpc) is 3.17. The summed E-state index contributed by atoms with van der Waals surface area (Å²) in [6.07, 6.45) is 4.17. The van der Waals surface area contributed by atoms with Crippen LogP contribution in [0.4, 0.5) is 5.82 Å². The molecule has 0 aliphatic carbocycles. The molecule has 1 saturated heterocycles. The van der Waals surface area contributed by atoms with Gasteiger partial charge in [0.15, 0.2) is 0 Å². The second kappa shape index (κ2) is 5.97. The lowest BCUT2D eigenvalue weighted by molar-refractivity contribution is -0.114. The molecule has 2 amide bonds. The minimum atomic E-state index is -0.211. The second-order valence-corrected chi connectivity index (χ2v) is 5.36. The third-order valence-electron chi connectivity index (χ3n) is 3.75. The van der Waals surface area contributed by atoms with E-state index in [1.165, 1.54) is 13.1 Å². The molecule has 1 atom stereocenters. The van der Waals surface area contributed by atoms with Gasteiger partial charge in [-0.3, -0.25) is 14.7 Å². The number of amides is 2. The Bertz CT molecular complexity index is 683. The van der Waals surface area contributed by atoms with Gasteiger partial charge in [0.25, 0.3) is 5.91 Å². The van der Waals surface area contributed by atoms with Gasteiger partial charge in [-0.2, -0.15) is 5.10 Å². The van der Waals surface area contributed by atoms with Gasteiger partial charge in [-0.1, -0.05) is 0 Å². The van der Waals surface area contributed by atoms with Crippen LogP contribution in [-0.4, -0.2) is 45.0 Å². The third-order valence-corrected chi connectivity index (χ3v) is 3.75. The summed E-state index contributed by atoms with van der Waals surface area (Å²) >= 11 is 0. The van der Waals surface area contributed by atoms with Crippen molar-refractivity contribution in [2.45, 2.75) is 19.3 Å². The molecule has 0 bridgehead atoms. The van der Waals surface area contributed by atoms with E-state index in [2.05, 4.69) is 20.5 Å². The molecule has 1 unspecified atom stereocenters. The summed E-state index contributed by atoms with van der Waals surface area (Å²) in [4.78, 5) is 29.5. The number of carbonyl (C=O) groups is 2. The Morgan fingerprint density at radius 3 is 2.95 bits per heavy atom. The molecule has 3 rings (SSSR count). The van der Waals surface area contributed by atoms with Gasteiger partial charge in [0.2, 0.25) is 5.91 Å². The molecule has 1 fully saturated rings. The highest BCUT2D eigenvalue weighted by molar-refractivity contribution is 5.96. The lowest BCUT2D eigenvalue weighted by atomic mass is 10.1. The van der Waals surface area contributed by atoms with Gasteiger partial charge in [-0.05, 0) is 24.6 Å². The Morgan fingerprint density at radius 2 is 2.23 bits per heavy atom. The minimum Gasteiger partial charge on any atom is -0.338 e. The van der Waals surface area contributed by atoms with E-state index in [9.17, 15) is 9.59 Å². The zero-order valence-electron chi connectivity index (χ0n) is 12.2. The van der Waals surface area contributed by atoms with Crippen LogP contribution in [0, 0.1) is 0 Å². The number of anilines is 1. The number of nitrogens with zero attached hydrogens (tertiary/aromatic N) is 3. The molecule has 7 nitrogen and oxygen atoms in total. The summed E-state index contributed by atoms with van der Waals surface area (Å²) in [7, 11) is 0. The van der Waals surface area contributed by atoms with Crippen LogP contribution < -0.4 is 5.32 Å². The topological polar surface area (TPSA) is 91.0 Å². The molecule has 22 heavy (non-hydrogen) atoms. The van der Waals surface area contributed by atoms with Crippen molar-refractivity contribution in [1.29, 1.82) is 0 Å². The van der Waals surface area contributed by atoms with Gasteiger partial charge < -0.3 is 10.2 Å². The number of pyridine rings is 1. The number of aromatic nitrogens is 3. The van der Waals surface area contributed by atoms with E-state index in [1.807, 2.05) is 11.0 Å². The van der Waals surface area contributed by atoms with Crippen molar-refractivity contribution in [3.63, 3.8) is 0 Å². The van der Waals surface area contributed by atoms with Gasteiger partial charge in [0, 0.05) is 49.6 Å². The van der Waals surface area contributed by atoms with E-state index in [0.717, 1.165) is 12.1 Å². The smallest absolute Gasteiger partial charge is 0.254 e. The molecule has 1 aliphatic heterocycles. The summed E-state index contributed by atoms with van der Waals surface area (Å²) in [6, 6.07) is 5.21. The number of carbonyl (C=O) groups excluding carboxylic acids is 2. The first-order chi connectivity index (χ1) is 10.6. The van der Waals surface area contributed by atoms with Crippen LogP contribution in [0.15, 0.2) is 30.6 Å². The summed E-state index contributed by atoms with van der Waals surface area (Å²) in [5.74, 6) is 0.430. The SMILES string of the molecule is CC(=O)Nc1cc(C(=O)N2CCC(c3ccn[nH]3)C2)ccn1. The fourth-order valence-corrected chi connectivity index (χ4v) is 2.69.